The zero-order valence-corrected chi connectivity index (χ0v) is 15.5. The lowest BCUT2D eigenvalue weighted by Crippen LogP contribution is -2.28. The molecule has 26 heavy (non-hydrogen) atoms. The molecule has 0 aliphatic heterocycles. The van der Waals surface area contributed by atoms with Gasteiger partial charge in [-0.05, 0) is 62.6 Å². The molecular weight excluding hydrogens is 328 g/mol. The first-order chi connectivity index (χ1) is 12.7. The van der Waals surface area contributed by atoms with Crippen LogP contribution in [-0.2, 0) is 16.1 Å². The van der Waals surface area contributed by atoms with E-state index in [0.717, 1.165) is 37.0 Å². The quantitative estimate of drug-likeness (QED) is 0.666. The molecule has 0 aromatic heterocycles. The molecule has 2 amide bonds. The molecule has 0 unspecified atom stereocenters. The predicted molar refractivity (Wildman–Crippen MR) is 101 cm³/mol. The van der Waals surface area contributed by atoms with Crippen LogP contribution in [0.1, 0.15) is 63.4 Å². The third-order valence-electron chi connectivity index (χ3n) is 5.10. The third kappa shape index (κ3) is 6.36. The van der Waals surface area contributed by atoms with E-state index in [1.165, 1.54) is 19.3 Å². The predicted octanol–water partition coefficient (Wildman–Crippen LogP) is 3.32. The molecule has 0 bridgehead atoms. The van der Waals surface area contributed by atoms with Crippen molar-refractivity contribution in [2.45, 2.75) is 70.4 Å². The highest BCUT2D eigenvalue weighted by molar-refractivity contribution is 5.81. The number of benzene rings is 1. The highest BCUT2D eigenvalue weighted by Crippen LogP contribution is 2.28. The van der Waals surface area contributed by atoms with Gasteiger partial charge >= 0.3 is 0 Å². The van der Waals surface area contributed by atoms with E-state index in [2.05, 4.69) is 10.6 Å². The van der Waals surface area contributed by atoms with E-state index in [1.54, 1.807) is 0 Å². The number of carbonyl (C=O) groups excluding carboxylic acids is 2. The Kier molecular flexibility index (Phi) is 6.92. The minimum Gasteiger partial charge on any atom is -0.490 e. The highest BCUT2D eigenvalue weighted by Gasteiger charge is 2.28. The Morgan fingerprint density at radius 2 is 1.69 bits per heavy atom. The van der Waals surface area contributed by atoms with Gasteiger partial charge in [0, 0.05) is 25.4 Å². The van der Waals surface area contributed by atoms with Crippen LogP contribution in [0.5, 0.6) is 5.75 Å². The number of hydrogen-bond donors (Lipinski definition) is 2. The highest BCUT2D eigenvalue weighted by atomic mass is 16.5. The van der Waals surface area contributed by atoms with E-state index in [9.17, 15) is 9.59 Å². The standard InChI is InChI=1S/C21H30N2O3/c24-20(7-4-14-22-21(25)17-10-11-17)23-15-16-8-12-19(13-9-16)26-18-5-2-1-3-6-18/h8-9,12-13,17-18H,1-7,10-11,14-15H2,(H,22,25)(H,23,24). The molecule has 142 valence electrons. The van der Waals surface area contributed by atoms with Crippen molar-refractivity contribution in [1.29, 1.82) is 0 Å². The van der Waals surface area contributed by atoms with Crippen molar-refractivity contribution < 1.29 is 14.3 Å². The molecule has 3 rings (SSSR count). The van der Waals surface area contributed by atoms with E-state index >= 15 is 0 Å². The Morgan fingerprint density at radius 1 is 0.962 bits per heavy atom. The molecule has 2 N–H and O–H groups in total. The Balaban J connectivity index is 1.29. The van der Waals surface area contributed by atoms with Crippen LogP contribution < -0.4 is 15.4 Å². The lowest BCUT2D eigenvalue weighted by Gasteiger charge is -2.23. The van der Waals surface area contributed by atoms with E-state index in [0.29, 0.717) is 32.0 Å². The summed E-state index contributed by atoms with van der Waals surface area (Å²) in [7, 11) is 0. The number of hydrogen-bond acceptors (Lipinski definition) is 3. The molecule has 2 fully saturated rings. The second-order valence-corrected chi connectivity index (χ2v) is 7.47. The second kappa shape index (κ2) is 9.60. The van der Waals surface area contributed by atoms with Gasteiger partial charge in [0.1, 0.15) is 5.75 Å². The number of nitrogens with one attached hydrogen (secondary N) is 2. The van der Waals surface area contributed by atoms with Crippen LogP contribution in [0, 0.1) is 5.92 Å². The SMILES string of the molecule is O=C(CCCNC(=O)C1CC1)NCc1ccc(OC2CCCCC2)cc1. The van der Waals surface area contributed by atoms with E-state index < -0.39 is 0 Å². The minimum atomic E-state index is 0.0215. The van der Waals surface area contributed by atoms with Crippen molar-refractivity contribution in [2.75, 3.05) is 6.54 Å². The molecule has 0 spiro atoms. The van der Waals surface area contributed by atoms with Crippen molar-refractivity contribution in [2.24, 2.45) is 5.92 Å². The fraction of sp³-hybridized carbons (Fsp3) is 0.619. The lowest BCUT2D eigenvalue weighted by atomic mass is 9.98. The molecule has 0 radical (unpaired) electrons. The molecule has 2 saturated carbocycles. The van der Waals surface area contributed by atoms with Gasteiger partial charge in [-0.15, -0.1) is 0 Å². The van der Waals surface area contributed by atoms with Crippen LogP contribution in [0.3, 0.4) is 0 Å². The van der Waals surface area contributed by atoms with Crippen molar-refractivity contribution in [3.8, 4) is 5.75 Å². The van der Waals surface area contributed by atoms with Crippen LogP contribution in [0.4, 0.5) is 0 Å². The first kappa shape index (κ1) is 18.7. The van der Waals surface area contributed by atoms with Crippen molar-refractivity contribution in [1.82, 2.24) is 10.6 Å². The van der Waals surface area contributed by atoms with Crippen molar-refractivity contribution in [3.05, 3.63) is 29.8 Å². The normalized spacial score (nSPS) is 17.5. The van der Waals surface area contributed by atoms with Gasteiger partial charge in [-0.25, -0.2) is 0 Å². The minimum absolute atomic E-state index is 0.0215. The van der Waals surface area contributed by atoms with Crippen LogP contribution in [0.25, 0.3) is 0 Å². The third-order valence-corrected chi connectivity index (χ3v) is 5.10. The first-order valence-electron chi connectivity index (χ1n) is 10.0. The van der Waals surface area contributed by atoms with Gasteiger partial charge in [0.2, 0.25) is 11.8 Å². The summed E-state index contributed by atoms with van der Waals surface area (Å²) in [5, 5.41) is 5.81. The molecular formula is C21H30N2O3. The molecule has 1 aromatic rings. The summed E-state index contributed by atoms with van der Waals surface area (Å²) in [6, 6.07) is 8.00. The lowest BCUT2D eigenvalue weighted by molar-refractivity contribution is -0.123. The van der Waals surface area contributed by atoms with Gasteiger partial charge in [0.15, 0.2) is 0 Å². The number of carbonyl (C=O) groups is 2. The summed E-state index contributed by atoms with van der Waals surface area (Å²) in [5.74, 6) is 1.31. The maximum Gasteiger partial charge on any atom is 0.223 e. The molecule has 0 saturated heterocycles. The zero-order chi connectivity index (χ0) is 18.2. The summed E-state index contributed by atoms with van der Waals surface area (Å²) in [6.45, 7) is 1.10. The fourth-order valence-corrected chi connectivity index (χ4v) is 3.30. The monoisotopic (exact) mass is 358 g/mol. The van der Waals surface area contributed by atoms with E-state index in [-0.39, 0.29) is 17.7 Å². The van der Waals surface area contributed by atoms with E-state index in [1.807, 2.05) is 24.3 Å². The Hall–Kier alpha value is -2.04. The largest absolute Gasteiger partial charge is 0.490 e. The van der Waals surface area contributed by atoms with Gasteiger partial charge in [0.25, 0.3) is 0 Å². The average Bonchev–Trinajstić information content (AvgIpc) is 3.51. The van der Waals surface area contributed by atoms with Crippen LogP contribution in [-0.4, -0.2) is 24.5 Å². The van der Waals surface area contributed by atoms with Crippen molar-refractivity contribution >= 4 is 11.8 Å². The van der Waals surface area contributed by atoms with Crippen LogP contribution in [0.15, 0.2) is 24.3 Å². The second-order valence-electron chi connectivity index (χ2n) is 7.47. The maximum atomic E-state index is 11.9. The Labute approximate surface area is 155 Å². The number of rotatable bonds is 9. The summed E-state index contributed by atoms with van der Waals surface area (Å²) in [6.07, 6.45) is 9.65. The molecule has 0 atom stereocenters. The fourth-order valence-electron chi connectivity index (χ4n) is 3.30. The molecule has 5 nitrogen and oxygen atoms in total. The van der Waals surface area contributed by atoms with Gasteiger partial charge < -0.3 is 15.4 Å². The number of ether oxygens (including phenoxy) is 1. The van der Waals surface area contributed by atoms with Gasteiger partial charge in [-0.2, -0.15) is 0 Å². The van der Waals surface area contributed by atoms with E-state index in [4.69, 9.17) is 4.74 Å². The zero-order valence-electron chi connectivity index (χ0n) is 15.5. The number of amides is 2. The Morgan fingerprint density at radius 3 is 2.38 bits per heavy atom. The molecule has 2 aliphatic carbocycles. The topological polar surface area (TPSA) is 67.4 Å². The summed E-state index contributed by atoms with van der Waals surface area (Å²) >= 11 is 0. The van der Waals surface area contributed by atoms with Crippen LogP contribution >= 0.6 is 0 Å². The van der Waals surface area contributed by atoms with Gasteiger partial charge in [-0.1, -0.05) is 18.6 Å². The molecule has 2 aliphatic rings. The van der Waals surface area contributed by atoms with Gasteiger partial charge in [0.05, 0.1) is 6.10 Å². The average molecular weight is 358 g/mol. The summed E-state index contributed by atoms with van der Waals surface area (Å²) < 4.78 is 6.02. The maximum absolute atomic E-state index is 11.9. The summed E-state index contributed by atoms with van der Waals surface area (Å²) in [4.78, 5) is 23.4. The Bertz CT molecular complexity index is 590. The molecule has 0 heterocycles. The smallest absolute Gasteiger partial charge is 0.223 e. The summed E-state index contributed by atoms with van der Waals surface area (Å²) in [5.41, 5.74) is 1.07. The first-order valence-corrected chi connectivity index (χ1v) is 10.0. The van der Waals surface area contributed by atoms with Crippen LogP contribution in [0.2, 0.25) is 0 Å². The molecule has 1 aromatic carbocycles. The van der Waals surface area contributed by atoms with Gasteiger partial charge in [-0.3, -0.25) is 9.59 Å². The molecule has 5 heteroatoms. The van der Waals surface area contributed by atoms with Crippen molar-refractivity contribution in [3.63, 3.8) is 0 Å².